The fraction of sp³-hybridized carbons (Fsp3) is 0.333. The highest BCUT2D eigenvalue weighted by Crippen LogP contribution is 2.31. The normalized spacial score (nSPS) is 12.3. The van der Waals surface area contributed by atoms with Crippen LogP contribution in [0.3, 0.4) is 0 Å². The number of ether oxygens (including phenoxy) is 2. The second kappa shape index (κ2) is 9.23. The predicted molar refractivity (Wildman–Crippen MR) is 108 cm³/mol. The first-order valence-electron chi connectivity index (χ1n) is 8.47. The minimum Gasteiger partial charge on any atom is -0.485 e. The molecule has 9 heteroatoms. The van der Waals surface area contributed by atoms with Gasteiger partial charge in [0.2, 0.25) is 5.28 Å². The molecule has 0 aliphatic rings. The number of hydrogen-bond acceptors (Lipinski definition) is 6. The Bertz CT molecular complexity index is 903. The molecule has 1 atom stereocenters. The summed E-state index contributed by atoms with van der Waals surface area (Å²) in [6.45, 7) is 1.21. The molecule has 0 aliphatic carbocycles. The molecule has 2 heterocycles. The second-order valence-electron chi connectivity index (χ2n) is 6.02. The maximum Gasteiger partial charge on any atom is 0.226 e. The van der Waals surface area contributed by atoms with E-state index >= 15 is 0 Å². The van der Waals surface area contributed by atoms with E-state index in [0.29, 0.717) is 24.7 Å². The van der Waals surface area contributed by atoms with Crippen LogP contribution in [-0.4, -0.2) is 47.9 Å². The lowest BCUT2D eigenvalue weighted by Gasteiger charge is -2.16. The van der Waals surface area contributed by atoms with Gasteiger partial charge in [-0.05, 0) is 29.7 Å². The number of H-pyrrole nitrogens is 1. The van der Waals surface area contributed by atoms with Crippen LogP contribution in [0.1, 0.15) is 5.56 Å². The Balaban J connectivity index is 1.68. The number of aromatic nitrogens is 3. The molecule has 0 unspecified atom stereocenters. The van der Waals surface area contributed by atoms with Gasteiger partial charge < -0.3 is 25.5 Å². The van der Waals surface area contributed by atoms with Crippen LogP contribution in [-0.2, 0) is 11.2 Å². The molecular formula is C18H21Cl2N5O2. The number of benzene rings is 1. The van der Waals surface area contributed by atoms with E-state index in [9.17, 15) is 0 Å². The number of para-hydroxylation sites is 1. The number of anilines is 1. The van der Waals surface area contributed by atoms with Crippen LogP contribution >= 0.6 is 23.2 Å². The summed E-state index contributed by atoms with van der Waals surface area (Å²) < 4.78 is 10.7. The van der Waals surface area contributed by atoms with E-state index in [1.54, 1.807) is 7.11 Å². The number of nitrogens with one attached hydrogen (secondary N) is 2. The molecule has 0 saturated heterocycles. The van der Waals surface area contributed by atoms with Crippen molar-refractivity contribution in [1.29, 1.82) is 0 Å². The maximum absolute atomic E-state index is 6.17. The van der Waals surface area contributed by atoms with Crippen molar-refractivity contribution in [2.24, 2.45) is 5.73 Å². The SMILES string of the molecule is COC[C@@H](N)COc1c(Cl)nc(Cl)nc1NCCc1c[nH]c2ccccc12. The Morgan fingerprint density at radius 2 is 2.04 bits per heavy atom. The summed E-state index contributed by atoms with van der Waals surface area (Å²) in [5.74, 6) is 0.760. The van der Waals surface area contributed by atoms with E-state index in [-0.39, 0.29) is 23.1 Å². The highest BCUT2D eigenvalue weighted by Gasteiger charge is 2.16. The van der Waals surface area contributed by atoms with Gasteiger partial charge in [-0.2, -0.15) is 4.98 Å². The summed E-state index contributed by atoms with van der Waals surface area (Å²) in [7, 11) is 1.58. The predicted octanol–water partition coefficient (Wildman–Crippen LogP) is 3.27. The van der Waals surface area contributed by atoms with Crippen molar-refractivity contribution in [3.8, 4) is 5.75 Å². The van der Waals surface area contributed by atoms with Crippen molar-refractivity contribution in [2.45, 2.75) is 12.5 Å². The lowest BCUT2D eigenvalue weighted by molar-refractivity contribution is 0.152. The largest absolute Gasteiger partial charge is 0.485 e. The molecule has 4 N–H and O–H groups in total. The number of rotatable bonds is 9. The van der Waals surface area contributed by atoms with Crippen molar-refractivity contribution in [2.75, 3.05) is 32.2 Å². The highest BCUT2D eigenvalue weighted by molar-refractivity contribution is 6.33. The highest BCUT2D eigenvalue weighted by atomic mass is 35.5. The second-order valence-corrected chi connectivity index (χ2v) is 6.72. The summed E-state index contributed by atoms with van der Waals surface area (Å²) in [5, 5.41) is 4.60. The zero-order valence-corrected chi connectivity index (χ0v) is 16.3. The molecule has 1 aromatic carbocycles. The number of halogens is 2. The van der Waals surface area contributed by atoms with E-state index in [1.165, 1.54) is 10.9 Å². The third kappa shape index (κ3) is 5.01. The van der Waals surface area contributed by atoms with Gasteiger partial charge in [-0.15, -0.1) is 0 Å². The van der Waals surface area contributed by atoms with Crippen LogP contribution < -0.4 is 15.8 Å². The summed E-state index contributed by atoms with van der Waals surface area (Å²) in [5.41, 5.74) is 8.21. The number of nitrogens with two attached hydrogens (primary N) is 1. The molecule has 3 rings (SSSR count). The minimum atomic E-state index is -0.291. The molecule has 0 aliphatic heterocycles. The molecule has 144 valence electrons. The third-order valence-corrected chi connectivity index (χ3v) is 4.41. The first kappa shape index (κ1) is 19.7. The smallest absolute Gasteiger partial charge is 0.226 e. The van der Waals surface area contributed by atoms with E-state index in [4.69, 9.17) is 38.4 Å². The van der Waals surface area contributed by atoms with Crippen LogP contribution in [0, 0.1) is 0 Å². The molecule has 0 bridgehead atoms. The number of aromatic amines is 1. The number of methoxy groups -OCH3 is 1. The van der Waals surface area contributed by atoms with Crippen LogP contribution in [0.4, 0.5) is 5.82 Å². The van der Waals surface area contributed by atoms with Crippen LogP contribution in [0.2, 0.25) is 10.4 Å². The van der Waals surface area contributed by atoms with E-state index in [2.05, 4.69) is 26.3 Å². The monoisotopic (exact) mass is 409 g/mol. The van der Waals surface area contributed by atoms with E-state index in [0.717, 1.165) is 11.9 Å². The Hall–Kier alpha value is -2.06. The zero-order valence-electron chi connectivity index (χ0n) is 14.8. The first-order valence-corrected chi connectivity index (χ1v) is 9.23. The molecule has 3 aromatic rings. The van der Waals surface area contributed by atoms with Gasteiger partial charge in [-0.3, -0.25) is 0 Å². The summed E-state index contributed by atoms with van der Waals surface area (Å²) in [4.78, 5) is 11.4. The average molecular weight is 410 g/mol. The zero-order chi connectivity index (χ0) is 19.2. The van der Waals surface area contributed by atoms with Gasteiger partial charge in [-0.25, -0.2) is 4.98 Å². The number of nitrogens with zero attached hydrogens (tertiary/aromatic N) is 2. The first-order chi connectivity index (χ1) is 13.1. The Morgan fingerprint density at radius 3 is 2.85 bits per heavy atom. The summed E-state index contributed by atoms with van der Waals surface area (Å²) >= 11 is 12.1. The number of fused-ring (bicyclic) bond motifs is 1. The van der Waals surface area contributed by atoms with Crippen molar-refractivity contribution >= 4 is 39.9 Å². The van der Waals surface area contributed by atoms with Crippen LogP contribution in [0.5, 0.6) is 5.75 Å². The molecule has 2 aromatic heterocycles. The van der Waals surface area contributed by atoms with Gasteiger partial charge in [0, 0.05) is 30.8 Å². The fourth-order valence-corrected chi connectivity index (χ4v) is 3.19. The average Bonchev–Trinajstić information content (AvgIpc) is 3.04. The molecule has 7 nitrogen and oxygen atoms in total. The molecule has 0 amide bonds. The van der Waals surface area contributed by atoms with Crippen molar-refractivity contribution in [3.63, 3.8) is 0 Å². The molecule has 0 spiro atoms. The van der Waals surface area contributed by atoms with Crippen LogP contribution in [0.15, 0.2) is 30.5 Å². The van der Waals surface area contributed by atoms with E-state index in [1.807, 2.05) is 24.4 Å². The minimum absolute atomic E-state index is 0.0446. The van der Waals surface area contributed by atoms with Gasteiger partial charge in [0.25, 0.3) is 0 Å². The topological polar surface area (TPSA) is 98.1 Å². The third-order valence-electron chi connectivity index (χ3n) is 3.98. The molecule has 27 heavy (non-hydrogen) atoms. The van der Waals surface area contributed by atoms with Crippen molar-refractivity contribution in [1.82, 2.24) is 15.0 Å². The standard InChI is InChI=1S/C18H21Cl2N5O2/c1-26-9-12(21)10-27-15-16(19)24-18(20)25-17(15)22-7-6-11-8-23-14-5-3-2-4-13(11)14/h2-5,8,12,23H,6-7,9-10,21H2,1H3,(H,22,24,25)/t12-/m1/s1. The molecule has 0 radical (unpaired) electrons. The lowest BCUT2D eigenvalue weighted by Crippen LogP contribution is -2.32. The van der Waals surface area contributed by atoms with Crippen molar-refractivity contribution < 1.29 is 9.47 Å². The van der Waals surface area contributed by atoms with Gasteiger partial charge >= 0.3 is 0 Å². The Labute approximate surface area is 167 Å². The maximum atomic E-state index is 6.17. The van der Waals surface area contributed by atoms with Gasteiger partial charge in [0.15, 0.2) is 16.7 Å². The van der Waals surface area contributed by atoms with Gasteiger partial charge in [-0.1, -0.05) is 29.8 Å². The van der Waals surface area contributed by atoms with Gasteiger partial charge in [0.1, 0.15) is 6.61 Å². The quantitative estimate of drug-likeness (QED) is 0.370. The molecule has 0 fully saturated rings. The Kier molecular flexibility index (Phi) is 6.73. The summed E-state index contributed by atoms with van der Waals surface area (Å²) in [6.07, 6.45) is 2.79. The summed E-state index contributed by atoms with van der Waals surface area (Å²) in [6, 6.07) is 7.87. The Morgan fingerprint density at radius 1 is 1.22 bits per heavy atom. The van der Waals surface area contributed by atoms with E-state index < -0.39 is 0 Å². The molecule has 0 saturated carbocycles. The van der Waals surface area contributed by atoms with Crippen molar-refractivity contribution in [3.05, 3.63) is 46.5 Å². The fourth-order valence-electron chi connectivity index (χ4n) is 2.75. The van der Waals surface area contributed by atoms with Crippen LogP contribution in [0.25, 0.3) is 10.9 Å². The van der Waals surface area contributed by atoms with Gasteiger partial charge in [0.05, 0.1) is 12.6 Å². The number of hydrogen-bond donors (Lipinski definition) is 3. The molecular weight excluding hydrogens is 389 g/mol. The lowest BCUT2D eigenvalue weighted by atomic mass is 10.1.